The molecule has 1 saturated carbocycles. The molecule has 0 amide bonds. The fourth-order valence-electron chi connectivity index (χ4n) is 3.08. The first kappa shape index (κ1) is 13.6. The van der Waals surface area contributed by atoms with Gasteiger partial charge in [0.2, 0.25) is 0 Å². The Labute approximate surface area is 111 Å². The molecule has 0 bridgehead atoms. The number of benzene rings is 1. The van der Waals surface area contributed by atoms with E-state index in [0.717, 1.165) is 5.92 Å². The first-order chi connectivity index (χ1) is 8.72. The molecular formula is C16H25NO. The van der Waals surface area contributed by atoms with Crippen molar-refractivity contribution < 1.29 is 4.74 Å². The summed E-state index contributed by atoms with van der Waals surface area (Å²) in [5.41, 5.74) is 7.66. The first-order valence-corrected chi connectivity index (χ1v) is 7.05. The number of methoxy groups -OCH3 is 1. The maximum atomic E-state index is 6.46. The maximum absolute atomic E-state index is 6.46. The monoisotopic (exact) mass is 247 g/mol. The van der Waals surface area contributed by atoms with Crippen LogP contribution in [0.4, 0.5) is 0 Å². The van der Waals surface area contributed by atoms with Gasteiger partial charge in [-0.2, -0.15) is 0 Å². The van der Waals surface area contributed by atoms with Crippen LogP contribution in [0.25, 0.3) is 0 Å². The lowest BCUT2D eigenvalue weighted by Gasteiger charge is -2.34. The molecule has 2 heteroatoms. The standard InChI is InChI=1S/C16H25NO/c1-12-8-10-13(11-9-12)15(17)16(18-2)14-6-4-3-5-7-14/h3-7,12-13,15-16H,8-11,17H2,1-2H3. The summed E-state index contributed by atoms with van der Waals surface area (Å²) in [5.74, 6) is 1.47. The van der Waals surface area contributed by atoms with Crippen LogP contribution in [0, 0.1) is 11.8 Å². The topological polar surface area (TPSA) is 35.2 Å². The molecule has 2 unspecified atom stereocenters. The molecule has 0 aliphatic heterocycles. The van der Waals surface area contributed by atoms with Crippen molar-refractivity contribution in [1.29, 1.82) is 0 Å². The Morgan fingerprint density at radius 3 is 2.28 bits per heavy atom. The largest absolute Gasteiger partial charge is 0.375 e. The highest BCUT2D eigenvalue weighted by molar-refractivity contribution is 5.19. The van der Waals surface area contributed by atoms with Gasteiger partial charge in [-0.05, 0) is 30.2 Å². The second kappa shape index (κ2) is 6.35. The van der Waals surface area contributed by atoms with Crippen molar-refractivity contribution in [1.82, 2.24) is 0 Å². The summed E-state index contributed by atoms with van der Waals surface area (Å²) in [7, 11) is 1.77. The Morgan fingerprint density at radius 1 is 1.11 bits per heavy atom. The minimum atomic E-state index is 0.0320. The van der Waals surface area contributed by atoms with Crippen molar-refractivity contribution in [2.75, 3.05) is 7.11 Å². The summed E-state index contributed by atoms with van der Waals surface area (Å²) in [6, 6.07) is 10.5. The molecule has 0 heterocycles. The van der Waals surface area contributed by atoms with Gasteiger partial charge in [-0.1, -0.05) is 50.1 Å². The highest BCUT2D eigenvalue weighted by atomic mass is 16.5. The summed E-state index contributed by atoms with van der Waals surface area (Å²) in [6.45, 7) is 2.34. The molecule has 2 atom stereocenters. The summed E-state index contributed by atoms with van der Waals surface area (Å²) in [4.78, 5) is 0. The van der Waals surface area contributed by atoms with Crippen LogP contribution in [-0.4, -0.2) is 13.2 Å². The average molecular weight is 247 g/mol. The molecule has 2 rings (SSSR count). The molecule has 0 spiro atoms. The van der Waals surface area contributed by atoms with Crippen molar-refractivity contribution in [2.24, 2.45) is 17.6 Å². The van der Waals surface area contributed by atoms with Gasteiger partial charge in [0.25, 0.3) is 0 Å². The van der Waals surface area contributed by atoms with Gasteiger partial charge < -0.3 is 10.5 Å². The van der Waals surface area contributed by atoms with E-state index in [1.54, 1.807) is 7.11 Å². The van der Waals surface area contributed by atoms with Gasteiger partial charge in [-0.3, -0.25) is 0 Å². The van der Waals surface area contributed by atoms with Crippen LogP contribution < -0.4 is 5.73 Å². The SMILES string of the molecule is COC(c1ccccc1)C(N)C1CCC(C)CC1. The van der Waals surface area contributed by atoms with Crippen LogP contribution >= 0.6 is 0 Å². The lowest BCUT2D eigenvalue weighted by molar-refractivity contribution is 0.0502. The molecule has 1 aromatic carbocycles. The second-order valence-electron chi connectivity index (χ2n) is 5.66. The third kappa shape index (κ3) is 3.12. The number of hydrogen-bond acceptors (Lipinski definition) is 2. The Bertz CT molecular complexity index is 343. The van der Waals surface area contributed by atoms with Crippen molar-refractivity contribution in [3.63, 3.8) is 0 Å². The molecular weight excluding hydrogens is 222 g/mol. The van der Waals surface area contributed by atoms with Gasteiger partial charge in [-0.25, -0.2) is 0 Å². The Balaban J connectivity index is 2.04. The predicted octanol–water partition coefficient (Wildman–Crippen LogP) is 3.53. The molecule has 2 nitrogen and oxygen atoms in total. The normalized spacial score (nSPS) is 27.7. The summed E-state index contributed by atoms with van der Waals surface area (Å²) in [5, 5.41) is 0. The zero-order valence-electron chi connectivity index (χ0n) is 11.5. The van der Waals surface area contributed by atoms with E-state index in [9.17, 15) is 0 Å². The molecule has 100 valence electrons. The van der Waals surface area contributed by atoms with Crippen LogP contribution in [0.3, 0.4) is 0 Å². The Morgan fingerprint density at radius 2 is 1.72 bits per heavy atom. The smallest absolute Gasteiger partial charge is 0.0974 e. The Hall–Kier alpha value is -0.860. The van der Waals surface area contributed by atoms with Gasteiger partial charge in [0.1, 0.15) is 0 Å². The van der Waals surface area contributed by atoms with Crippen molar-refractivity contribution in [3.8, 4) is 0 Å². The number of hydrogen-bond donors (Lipinski definition) is 1. The lowest BCUT2D eigenvalue weighted by Crippen LogP contribution is -2.38. The quantitative estimate of drug-likeness (QED) is 0.883. The predicted molar refractivity (Wildman–Crippen MR) is 75.3 cm³/mol. The fourth-order valence-corrected chi connectivity index (χ4v) is 3.08. The maximum Gasteiger partial charge on any atom is 0.0974 e. The van der Waals surface area contributed by atoms with Gasteiger partial charge in [0.15, 0.2) is 0 Å². The van der Waals surface area contributed by atoms with Crippen LogP contribution in [0.5, 0.6) is 0 Å². The van der Waals surface area contributed by atoms with Gasteiger partial charge in [0, 0.05) is 13.2 Å². The van der Waals surface area contributed by atoms with E-state index in [2.05, 4.69) is 31.2 Å². The van der Waals surface area contributed by atoms with Crippen LogP contribution in [0.1, 0.15) is 44.3 Å². The molecule has 2 N–H and O–H groups in total. The lowest BCUT2D eigenvalue weighted by atomic mass is 9.77. The van der Waals surface area contributed by atoms with Crippen molar-refractivity contribution in [2.45, 2.75) is 44.8 Å². The Kier molecular flexibility index (Phi) is 4.79. The molecule has 0 saturated heterocycles. The van der Waals surface area contributed by atoms with Crippen LogP contribution in [0.2, 0.25) is 0 Å². The molecule has 0 aromatic heterocycles. The van der Waals surface area contributed by atoms with E-state index >= 15 is 0 Å². The zero-order chi connectivity index (χ0) is 13.0. The number of ether oxygens (including phenoxy) is 1. The first-order valence-electron chi connectivity index (χ1n) is 7.05. The van der Waals surface area contributed by atoms with Gasteiger partial charge >= 0.3 is 0 Å². The molecule has 1 aromatic rings. The van der Waals surface area contributed by atoms with E-state index < -0.39 is 0 Å². The zero-order valence-corrected chi connectivity index (χ0v) is 11.5. The van der Waals surface area contributed by atoms with E-state index in [0.29, 0.717) is 5.92 Å². The van der Waals surface area contributed by atoms with Gasteiger partial charge in [-0.15, -0.1) is 0 Å². The molecule has 1 aliphatic carbocycles. The second-order valence-corrected chi connectivity index (χ2v) is 5.66. The molecule has 0 radical (unpaired) electrons. The third-order valence-electron chi connectivity index (χ3n) is 4.34. The van der Waals surface area contributed by atoms with E-state index in [1.165, 1.54) is 31.2 Å². The highest BCUT2D eigenvalue weighted by Crippen LogP contribution is 2.34. The summed E-state index contributed by atoms with van der Waals surface area (Å²) >= 11 is 0. The average Bonchev–Trinajstić information content (AvgIpc) is 2.41. The summed E-state index contributed by atoms with van der Waals surface area (Å²) in [6.07, 6.45) is 5.14. The van der Waals surface area contributed by atoms with Crippen molar-refractivity contribution >= 4 is 0 Å². The molecule has 1 fully saturated rings. The van der Waals surface area contributed by atoms with E-state index in [1.807, 2.05) is 6.07 Å². The van der Waals surface area contributed by atoms with E-state index in [-0.39, 0.29) is 12.1 Å². The highest BCUT2D eigenvalue weighted by Gasteiger charge is 2.30. The van der Waals surface area contributed by atoms with Crippen LogP contribution in [0.15, 0.2) is 30.3 Å². The minimum Gasteiger partial charge on any atom is -0.375 e. The van der Waals surface area contributed by atoms with Gasteiger partial charge in [0.05, 0.1) is 6.10 Å². The summed E-state index contributed by atoms with van der Waals surface area (Å²) < 4.78 is 5.65. The number of nitrogens with two attached hydrogens (primary N) is 1. The fraction of sp³-hybridized carbons (Fsp3) is 0.625. The minimum absolute atomic E-state index is 0.0320. The third-order valence-corrected chi connectivity index (χ3v) is 4.34. The van der Waals surface area contributed by atoms with Crippen LogP contribution in [-0.2, 0) is 4.74 Å². The van der Waals surface area contributed by atoms with E-state index in [4.69, 9.17) is 10.5 Å². The number of rotatable bonds is 4. The molecule has 1 aliphatic rings. The molecule has 18 heavy (non-hydrogen) atoms. The van der Waals surface area contributed by atoms with Crippen molar-refractivity contribution in [3.05, 3.63) is 35.9 Å².